The van der Waals surface area contributed by atoms with E-state index in [1.165, 1.54) is 13.8 Å². The van der Waals surface area contributed by atoms with Crippen LogP contribution in [0.15, 0.2) is 42.5 Å². The van der Waals surface area contributed by atoms with Crippen LogP contribution in [0.25, 0.3) is 10.8 Å². The van der Waals surface area contributed by atoms with Gasteiger partial charge in [-0.25, -0.2) is 4.79 Å². The molecule has 2 aliphatic heterocycles. The first-order chi connectivity index (χ1) is 23.4. The maximum absolute atomic E-state index is 13.5. The van der Waals surface area contributed by atoms with Crippen molar-refractivity contribution < 1.29 is 49.0 Å². The molecule has 11 nitrogen and oxygen atoms in total. The van der Waals surface area contributed by atoms with Crippen LogP contribution < -0.4 is 0 Å². The fourth-order valence-electron chi connectivity index (χ4n) is 7.76. The Morgan fingerprint density at radius 1 is 1.00 bits per heavy atom. The number of ether oxygens (including phenoxy) is 4. The summed E-state index contributed by atoms with van der Waals surface area (Å²) in [6.45, 7) is 14.2. The Balaban J connectivity index is 1.65. The summed E-state index contributed by atoms with van der Waals surface area (Å²) >= 11 is 0. The first-order valence-corrected chi connectivity index (χ1v) is 18.1. The summed E-state index contributed by atoms with van der Waals surface area (Å²) in [5, 5.41) is 48.5. The van der Waals surface area contributed by atoms with Gasteiger partial charge < -0.3 is 44.3 Å². The van der Waals surface area contributed by atoms with Gasteiger partial charge in [-0.15, -0.1) is 0 Å². The Kier molecular flexibility index (Phi) is 13.1. The molecule has 0 aliphatic carbocycles. The molecule has 13 atom stereocenters. The van der Waals surface area contributed by atoms with Gasteiger partial charge in [0.25, 0.3) is 0 Å². The number of hydrogen-bond donors (Lipinski definition) is 4. The Morgan fingerprint density at radius 2 is 1.66 bits per heavy atom. The minimum Gasteiger partial charge on any atom is -0.459 e. The van der Waals surface area contributed by atoms with Crippen molar-refractivity contribution >= 4 is 22.7 Å². The largest absolute Gasteiger partial charge is 0.459 e. The maximum atomic E-state index is 13.5. The first-order valence-electron chi connectivity index (χ1n) is 18.1. The molecule has 2 aromatic carbocycles. The van der Waals surface area contributed by atoms with Crippen LogP contribution in [0.2, 0.25) is 0 Å². The number of cyclic esters (lactones) is 1. The topological polar surface area (TPSA) is 155 Å². The lowest BCUT2D eigenvalue weighted by molar-refractivity contribution is -0.289. The van der Waals surface area contributed by atoms with Gasteiger partial charge in [0.05, 0.1) is 35.4 Å². The van der Waals surface area contributed by atoms with Crippen molar-refractivity contribution in [3.8, 4) is 0 Å². The second-order valence-electron chi connectivity index (χ2n) is 15.4. The number of hydrogen-bond acceptors (Lipinski definition) is 11. The smallest absolute Gasteiger partial charge is 0.338 e. The fourth-order valence-corrected chi connectivity index (χ4v) is 7.76. The third kappa shape index (κ3) is 9.04. The summed E-state index contributed by atoms with van der Waals surface area (Å²) in [5.74, 6) is -3.33. The van der Waals surface area contributed by atoms with Gasteiger partial charge in [0.1, 0.15) is 17.8 Å². The summed E-state index contributed by atoms with van der Waals surface area (Å²) in [6, 6.07) is 12.6. The average Bonchev–Trinajstić information content (AvgIpc) is 3.07. The summed E-state index contributed by atoms with van der Waals surface area (Å²) < 4.78 is 24.6. The summed E-state index contributed by atoms with van der Waals surface area (Å²) in [4.78, 5) is 28.8. The van der Waals surface area contributed by atoms with Gasteiger partial charge in [-0.3, -0.25) is 4.79 Å². The molecule has 0 radical (unpaired) electrons. The van der Waals surface area contributed by atoms with Crippen molar-refractivity contribution in [2.75, 3.05) is 13.6 Å². The third-order valence-corrected chi connectivity index (χ3v) is 11.0. The first kappa shape index (κ1) is 40.1. The van der Waals surface area contributed by atoms with E-state index in [9.17, 15) is 30.0 Å². The third-order valence-electron chi connectivity index (χ3n) is 11.0. The van der Waals surface area contributed by atoms with Crippen molar-refractivity contribution in [2.45, 2.75) is 141 Å². The molecular weight excluding hydrogens is 642 g/mol. The molecule has 2 aromatic rings. The quantitative estimate of drug-likeness (QED) is 0.327. The zero-order valence-electron chi connectivity index (χ0n) is 31.1. The lowest BCUT2D eigenvalue weighted by Crippen LogP contribution is -2.59. The van der Waals surface area contributed by atoms with Crippen LogP contribution in [-0.4, -0.2) is 111 Å². The lowest BCUT2D eigenvalue weighted by Gasteiger charge is -2.45. The number of benzene rings is 2. The SMILES string of the molecule is CC[C@H]1OC(=O)[C@H](C)[C@@H](O)[C@H](C)[C@@H](O[C@@H]2O[C@H](C)CC[C@H]2OC(=O)c2ccc3ccccc3c2)[C@](C)(O)C[C@@H](C)CN(C)[C@H](C)[C@@H](O)[C@]1(C)O. The van der Waals surface area contributed by atoms with E-state index in [1.54, 1.807) is 39.8 Å². The molecule has 0 bridgehead atoms. The van der Waals surface area contributed by atoms with Gasteiger partial charge in [-0.1, -0.05) is 51.1 Å². The molecule has 0 aromatic heterocycles. The number of nitrogens with zero attached hydrogens (tertiary/aromatic N) is 1. The Bertz CT molecular complexity index is 1450. The minimum atomic E-state index is -1.77. The van der Waals surface area contributed by atoms with Crippen LogP contribution in [0, 0.1) is 17.8 Å². The highest BCUT2D eigenvalue weighted by Crippen LogP contribution is 2.37. The molecule has 4 rings (SSSR count). The number of rotatable bonds is 5. The van der Waals surface area contributed by atoms with Crippen molar-refractivity contribution in [3.05, 3.63) is 48.0 Å². The molecule has 2 heterocycles. The molecule has 0 spiro atoms. The van der Waals surface area contributed by atoms with Crippen LogP contribution in [-0.2, 0) is 23.7 Å². The molecule has 0 unspecified atom stereocenters. The molecule has 2 fully saturated rings. The number of aliphatic hydroxyl groups is 4. The highest BCUT2D eigenvalue weighted by molar-refractivity contribution is 5.95. The van der Waals surface area contributed by atoms with Crippen LogP contribution in [0.4, 0.5) is 0 Å². The van der Waals surface area contributed by atoms with Crippen molar-refractivity contribution in [1.82, 2.24) is 4.90 Å². The molecule has 4 N–H and O–H groups in total. The monoisotopic (exact) mass is 701 g/mol. The molecule has 50 heavy (non-hydrogen) atoms. The zero-order valence-corrected chi connectivity index (χ0v) is 31.1. The highest BCUT2D eigenvalue weighted by Gasteiger charge is 2.49. The van der Waals surface area contributed by atoms with Crippen molar-refractivity contribution in [1.29, 1.82) is 0 Å². The van der Waals surface area contributed by atoms with E-state index in [1.807, 2.05) is 56.1 Å². The summed E-state index contributed by atoms with van der Waals surface area (Å²) in [5.41, 5.74) is -2.94. The number of fused-ring (bicyclic) bond motifs is 1. The average molecular weight is 702 g/mol. The van der Waals surface area contributed by atoms with E-state index >= 15 is 0 Å². The second-order valence-corrected chi connectivity index (χ2v) is 15.4. The normalized spacial score (nSPS) is 40.0. The van der Waals surface area contributed by atoms with Gasteiger partial charge in [0.2, 0.25) is 0 Å². The van der Waals surface area contributed by atoms with E-state index in [0.29, 0.717) is 24.9 Å². The fraction of sp³-hybridized carbons (Fsp3) is 0.692. The molecular formula is C39H59NO10. The number of likely N-dealkylation sites (N-methyl/N-ethyl adjacent to an activating group) is 1. The van der Waals surface area contributed by atoms with E-state index < -0.39 is 77.8 Å². The van der Waals surface area contributed by atoms with E-state index in [2.05, 4.69) is 0 Å². The van der Waals surface area contributed by atoms with Crippen LogP contribution in [0.1, 0.15) is 91.4 Å². The minimum absolute atomic E-state index is 0.139. The Labute approximate surface area is 296 Å². The zero-order chi connectivity index (χ0) is 37.1. The van der Waals surface area contributed by atoms with Crippen molar-refractivity contribution in [3.63, 3.8) is 0 Å². The standard InChI is InChI=1S/C39H59NO10/c1-10-31-39(8,46)33(42)26(6)40(9)21-22(2)20-38(7,45)34(24(4)32(41)25(5)35(43)49-31)50-37-30(18-15-23(3)47-37)48-36(44)29-17-16-27-13-11-12-14-28(27)19-29/h11-14,16-17,19,22-26,30-34,37,41-42,45-46H,10,15,18,20-21H2,1-9H3/t22-,23-,24+,25-,26-,30-,31-,32+,33-,34-,37+,38-,39-/m1/s1. The van der Waals surface area contributed by atoms with Crippen LogP contribution in [0.3, 0.4) is 0 Å². The van der Waals surface area contributed by atoms with Gasteiger partial charge in [0, 0.05) is 18.5 Å². The molecule has 280 valence electrons. The highest BCUT2D eigenvalue weighted by atomic mass is 16.7. The summed E-state index contributed by atoms with van der Waals surface area (Å²) in [7, 11) is 1.83. The Hall–Kier alpha value is -2.64. The number of esters is 2. The van der Waals surface area contributed by atoms with Crippen LogP contribution in [0.5, 0.6) is 0 Å². The molecule has 2 aliphatic rings. The molecule has 11 heteroatoms. The number of aliphatic hydroxyl groups excluding tert-OH is 2. The van der Waals surface area contributed by atoms with Crippen molar-refractivity contribution in [2.24, 2.45) is 17.8 Å². The maximum Gasteiger partial charge on any atom is 0.338 e. The molecule has 2 saturated heterocycles. The van der Waals surface area contributed by atoms with Crippen LogP contribution >= 0.6 is 0 Å². The van der Waals surface area contributed by atoms with Gasteiger partial charge in [-0.2, -0.15) is 0 Å². The van der Waals surface area contributed by atoms with E-state index in [4.69, 9.17) is 18.9 Å². The number of carbonyl (C=O) groups is 2. The Morgan fingerprint density at radius 3 is 2.32 bits per heavy atom. The second kappa shape index (κ2) is 16.4. The molecule has 0 amide bonds. The molecule has 0 saturated carbocycles. The predicted octanol–water partition coefficient (Wildman–Crippen LogP) is 4.45. The predicted molar refractivity (Wildman–Crippen MR) is 189 cm³/mol. The van der Waals surface area contributed by atoms with Gasteiger partial charge in [0.15, 0.2) is 12.4 Å². The van der Waals surface area contributed by atoms with Gasteiger partial charge in [-0.05, 0) is 96.2 Å². The van der Waals surface area contributed by atoms with E-state index in [-0.39, 0.29) is 24.9 Å². The lowest BCUT2D eigenvalue weighted by atomic mass is 9.78. The van der Waals surface area contributed by atoms with Gasteiger partial charge >= 0.3 is 11.9 Å². The number of carbonyl (C=O) groups excluding carboxylic acids is 2. The van der Waals surface area contributed by atoms with E-state index in [0.717, 1.165) is 10.8 Å². The summed E-state index contributed by atoms with van der Waals surface area (Å²) in [6.07, 6.45) is -5.28.